The topological polar surface area (TPSA) is 35.2 Å². The molecule has 0 aliphatic rings. The van der Waals surface area contributed by atoms with Crippen LogP contribution in [0.3, 0.4) is 0 Å². The summed E-state index contributed by atoms with van der Waals surface area (Å²) in [4.78, 5) is 0. The quantitative estimate of drug-likeness (QED) is 0.890. The third-order valence-electron chi connectivity index (χ3n) is 3.29. The first-order chi connectivity index (χ1) is 9.79. The minimum atomic E-state index is -4.63. The van der Waals surface area contributed by atoms with Gasteiger partial charge in [-0.3, -0.25) is 0 Å². The van der Waals surface area contributed by atoms with Crippen molar-refractivity contribution in [3.8, 4) is 5.75 Å². The number of methoxy groups -OCH3 is 1. The minimum Gasteiger partial charge on any atom is -0.497 e. The predicted octanol–water partition coefficient (Wildman–Crippen LogP) is 4.22. The Labute approximate surface area is 128 Å². The van der Waals surface area contributed by atoms with Gasteiger partial charge in [0.2, 0.25) is 0 Å². The van der Waals surface area contributed by atoms with Gasteiger partial charge in [-0.05, 0) is 35.4 Å². The third kappa shape index (κ3) is 2.91. The second-order valence-corrected chi connectivity index (χ2v) is 5.46. The van der Waals surface area contributed by atoms with E-state index in [9.17, 15) is 13.2 Å². The summed E-state index contributed by atoms with van der Waals surface area (Å²) in [6, 6.07) is 11.4. The van der Waals surface area contributed by atoms with Crippen molar-refractivity contribution in [2.75, 3.05) is 7.11 Å². The number of nitrogens with two attached hydrogens (primary N) is 1. The summed E-state index contributed by atoms with van der Waals surface area (Å²) in [5.74, 6) is 0.471. The van der Waals surface area contributed by atoms with Crippen LogP contribution in [0.4, 0.5) is 13.2 Å². The minimum absolute atomic E-state index is 0.0247. The van der Waals surface area contributed by atoms with Gasteiger partial charge in [0.15, 0.2) is 5.54 Å². The van der Waals surface area contributed by atoms with Crippen molar-refractivity contribution in [2.45, 2.75) is 11.7 Å². The maximum atomic E-state index is 13.6. The molecule has 112 valence electrons. The summed E-state index contributed by atoms with van der Waals surface area (Å²) in [6.45, 7) is 0. The van der Waals surface area contributed by atoms with E-state index in [-0.39, 0.29) is 11.1 Å². The molecule has 0 radical (unpaired) electrons. The zero-order valence-corrected chi connectivity index (χ0v) is 12.7. The van der Waals surface area contributed by atoms with Crippen molar-refractivity contribution in [2.24, 2.45) is 5.73 Å². The van der Waals surface area contributed by atoms with E-state index in [0.29, 0.717) is 10.2 Å². The van der Waals surface area contributed by atoms with Gasteiger partial charge in [0.1, 0.15) is 5.75 Å². The van der Waals surface area contributed by atoms with E-state index >= 15 is 0 Å². The zero-order valence-electron chi connectivity index (χ0n) is 11.1. The molecule has 0 saturated carbocycles. The second kappa shape index (κ2) is 5.69. The van der Waals surface area contributed by atoms with Crippen LogP contribution < -0.4 is 10.5 Å². The molecule has 1 unspecified atom stereocenters. The molecule has 1 atom stereocenters. The van der Waals surface area contributed by atoms with Crippen LogP contribution in [0.5, 0.6) is 5.75 Å². The summed E-state index contributed by atoms with van der Waals surface area (Å²) in [5, 5.41) is 0. The van der Waals surface area contributed by atoms with Crippen LogP contribution in [0, 0.1) is 0 Å². The highest BCUT2D eigenvalue weighted by molar-refractivity contribution is 9.10. The van der Waals surface area contributed by atoms with E-state index in [4.69, 9.17) is 10.5 Å². The smallest absolute Gasteiger partial charge is 0.414 e. The molecule has 0 bridgehead atoms. The molecule has 0 fully saturated rings. The maximum absolute atomic E-state index is 13.6. The van der Waals surface area contributed by atoms with Gasteiger partial charge in [-0.15, -0.1) is 0 Å². The predicted molar refractivity (Wildman–Crippen MR) is 78.2 cm³/mol. The lowest BCUT2D eigenvalue weighted by molar-refractivity contribution is -0.176. The second-order valence-electron chi connectivity index (χ2n) is 4.54. The molecule has 0 amide bonds. The largest absolute Gasteiger partial charge is 0.497 e. The van der Waals surface area contributed by atoms with E-state index in [2.05, 4.69) is 15.9 Å². The van der Waals surface area contributed by atoms with Crippen LogP contribution >= 0.6 is 15.9 Å². The Morgan fingerprint density at radius 3 is 1.71 bits per heavy atom. The lowest BCUT2D eigenvalue weighted by Crippen LogP contribution is -2.51. The Bertz CT molecular complexity index is 610. The Morgan fingerprint density at radius 2 is 1.33 bits per heavy atom. The van der Waals surface area contributed by atoms with Crippen molar-refractivity contribution < 1.29 is 17.9 Å². The van der Waals surface area contributed by atoms with Gasteiger partial charge < -0.3 is 10.5 Å². The van der Waals surface area contributed by atoms with E-state index in [1.807, 2.05) is 0 Å². The third-order valence-corrected chi connectivity index (χ3v) is 3.82. The van der Waals surface area contributed by atoms with Gasteiger partial charge in [-0.1, -0.05) is 40.2 Å². The van der Waals surface area contributed by atoms with Gasteiger partial charge in [0, 0.05) is 4.47 Å². The number of alkyl halides is 3. The van der Waals surface area contributed by atoms with Crippen LogP contribution in [0.2, 0.25) is 0 Å². The molecule has 0 saturated heterocycles. The number of rotatable bonds is 3. The molecule has 0 aliphatic heterocycles. The van der Waals surface area contributed by atoms with Crippen LogP contribution in [0.1, 0.15) is 11.1 Å². The summed E-state index contributed by atoms with van der Waals surface area (Å²) in [5.41, 5.74) is 3.14. The maximum Gasteiger partial charge on any atom is 0.414 e. The molecule has 2 rings (SSSR count). The van der Waals surface area contributed by atoms with E-state index in [0.717, 1.165) is 0 Å². The van der Waals surface area contributed by atoms with Crippen molar-refractivity contribution in [3.63, 3.8) is 0 Å². The fourth-order valence-electron chi connectivity index (χ4n) is 2.06. The Kier molecular flexibility index (Phi) is 4.30. The van der Waals surface area contributed by atoms with Gasteiger partial charge in [-0.2, -0.15) is 13.2 Å². The zero-order chi connectivity index (χ0) is 15.7. The Morgan fingerprint density at radius 1 is 0.905 bits per heavy atom. The molecule has 0 aromatic heterocycles. The highest BCUT2D eigenvalue weighted by atomic mass is 79.9. The molecule has 0 heterocycles. The lowest BCUT2D eigenvalue weighted by Gasteiger charge is -2.33. The Balaban J connectivity index is 2.58. The number of benzene rings is 2. The summed E-state index contributed by atoms with van der Waals surface area (Å²) in [6.07, 6.45) is -4.63. The first-order valence-corrected chi connectivity index (χ1v) is 6.84. The molecule has 0 aliphatic carbocycles. The normalized spacial score (nSPS) is 14.6. The average molecular weight is 360 g/mol. The molecule has 2 N–H and O–H groups in total. The van der Waals surface area contributed by atoms with Crippen LogP contribution in [0.25, 0.3) is 0 Å². The van der Waals surface area contributed by atoms with Gasteiger partial charge >= 0.3 is 6.18 Å². The van der Waals surface area contributed by atoms with Gasteiger partial charge in [0.05, 0.1) is 7.11 Å². The molecule has 2 aromatic rings. The average Bonchev–Trinajstić information content (AvgIpc) is 2.46. The highest BCUT2D eigenvalue weighted by Gasteiger charge is 2.54. The van der Waals surface area contributed by atoms with E-state index in [1.165, 1.54) is 55.6 Å². The molecule has 2 nitrogen and oxygen atoms in total. The van der Waals surface area contributed by atoms with E-state index < -0.39 is 11.7 Å². The number of hydrogen-bond donors (Lipinski definition) is 1. The highest BCUT2D eigenvalue weighted by Crippen LogP contribution is 2.42. The molecular formula is C15H13BrF3NO. The standard InChI is InChI=1S/C15H13BrF3NO/c1-21-13-8-4-11(5-9-13)14(20,15(17,18)19)10-2-6-12(16)7-3-10/h2-9H,20H2,1H3. The number of halogens is 4. The fourth-order valence-corrected chi connectivity index (χ4v) is 2.33. The van der Waals surface area contributed by atoms with Crippen molar-refractivity contribution in [3.05, 3.63) is 64.1 Å². The monoisotopic (exact) mass is 359 g/mol. The first-order valence-electron chi connectivity index (χ1n) is 6.05. The molecular weight excluding hydrogens is 347 g/mol. The SMILES string of the molecule is COc1ccc(C(N)(c2ccc(Br)cc2)C(F)(F)F)cc1. The molecule has 6 heteroatoms. The van der Waals surface area contributed by atoms with Crippen molar-refractivity contribution in [1.29, 1.82) is 0 Å². The summed E-state index contributed by atoms with van der Waals surface area (Å²) < 4.78 is 46.4. The van der Waals surface area contributed by atoms with Crippen molar-refractivity contribution >= 4 is 15.9 Å². The summed E-state index contributed by atoms with van der Waals surface area (Å²) >= 11 is 3.20. The van der Waals surface area contributed by atoms with Crippen LogP contribution in [0.15, 0.2) is 53.0 Å². The molecule has 2 aromatic carbocycles. The van der Waals surface area contributed by atoms with Crippen LogP contribution in [-0.4, -0.2) is 13.3 Å². The van der Waals surface area contributed by atoms with Crippen molar-refractivity contribution in [1.82, 2.24) is 0 Å². The van der Waals surface area contributed by atoms with Gasteiger partial charge in [-0.25, -0.2) is 0 Å². The number of ether oxygens (including phenoxy) is 1. The van der Waals surface area contributed by atoms with E-state index in [1.54, 1.807) is 0 Å². The lowest BCUT2D eigenvalue weighted by atomic mass is 9.83. The first kappa shape index (κ1) is 15.9. The van der Waals surface area contributed by atoms with Gasteiger partial charge in [0.25, 0.3) is 0 Å². The molecule has 0 spiro atoms. The Hall–Kier alpha value is -1.53. The molecule has 21 heavy (non-hydrogen) atoms. The number of hydrogen-bond acceptors (Lipinski definition) is 2. The summed E-state index contributed by atoms with van der Waals surface area (Å²) in [7, 11) is 1.45. The fraction of sp³-hybridized carbons (Fsp3) is 0.200. The van der Waals surface area contributed by atoms with Crippen LogP contribution in [-0.2, 0) is 5.54 Å².